The fourth-order valence-electron chi connectivity index (χ4n) is 3.29. The molecule has 2 heterocycles. The predicted octanol–water partition coefficient (Wildman–Crippen LogP) is 2.86. The number of pyridine rings is 1. The quantitative estimate of drug-likeness (QED) is 0.502. The number of hydrogen-bond acceptors (Lipinski definition) is 4. The molecule has 0 aliphatic carbocycles. The van der Waals surface area contributed by atoms with Crippen LogP contribution in [0.25, 0.3) is 22.4 Å². The van der Waals surface area contributed by atoms with E-state index in [4.69, 9.17) is 5.73 Å². The standard InChI is InChI=1S/C22H18N4O2/c23-21(27)22(28,17-6-2-1-3-7-17)18-8-4-5-16(13-18)20-19(14-25-26-20)15-9-11-24-12-10-15/h1-14,28H,(H2,23,27)(H,25,26). The molecular weight excluding hydrogens is 352 g/mol. The Kier molecular flexibility index (Phi) is 4.47. The van der Waals surface area contributed by atoms with Crippen molar-refractivity contribution in [1.29, 1.82) is 0 Å². The van der Waals surface area contributed by atoms with Crippen molar-refractivity contribution in [3.63, 3.8) is 0 Å². The fraction of sp³-hybridized carbons (Fsp3) is 0.0455. The van der Waals surface area contributed by atoms with E-state index in [2.05, 4.69) is 15.2 Å². The molecule has 1 unspecified atom stereocenters. The number of nitrogens with zero attached hydrogens (tertiary/aromatic N) is 2. The summed E-state index contributed by atoms with van der Waals surface area (Å²) in [7, 11) is 0. The first-order chi connectivity index (χ1) is 13.6. The van der Waals surface area contributed by atoms with Crippen LogP contribution in [-0.4, -0.2) is 26.2 Å². The van der Waals surface area contributed by atoms with E-state index < -0.39 is 11.5 Å². The molecule has 0 spiro atoms. The molecule has 2 aromatic carbocycles. The molecule has 0 radical (unpaired) electrons. The van der Waals surface area contributed by atoms with Crippen LogP contribution in [-0.2, 0) is 10.4 Å². The van der Waals surface area contributed by atoms with Crippen molar-refractivity contribution in [3.05, 3.63) is 96.4 Å². The van der Waals surface area contributed by atoms with E-state index in [0.717, 1.165) is 22.4 Å². The molecule has 0 aliphatic heterocycles. The zero-order valence-electron chi connectivity index (χ0n) is 14.9. The van der Waals surface area contributed by atoms with E-state index in [1.54, 1.807) is 61.1 Å². The highest BCUT2D eigenvalue weighted by Gasteiger charge is 2.38. The Hall–Kier alpha value is -3.77. The van der Waals surface area contributed by atoms with Gasteiger partial charge in [0, 0.05) is 23.5 Å². The van der Waals surface area contributed by atoms with E-state index in [0.29, 0.717) is 11.1 Å². The van der Waals surface area contributed by atoms with Gasteiger partial charge in [0.15, 0.2) is 5.60 Å². The molecular formula is C22H18N4O2. The van der Waals surface area contributed by atoms with E-state index in [-0.39, 0.29) is 0 Å². The lowest BCUT2D eigenvalue weighted by molar-refractivity contribution is -0.133. The van der Waals surface area contributed by atoms with Gasteiger partial charge in [-0.2, -0.15) is 5.10 Å². The maximum absolute atomic E-state index is 12.3. The number of aliphatic hydroxyl groups is 1. The highest BCUT2D eigenvalue weighted by molar-refractivity contribution is 5.89. The molecule has 2 aromatic heterocycles. The number of nitrogens with one attached hydrogen (secondary N) is 1. The number of carbonyl (C=O) groups excluding carboxylic acids is 1. The third-order valence-corrected chi connectivity index (χ3v) is 4.75. The van der Waals surface area contributed by atoms with Gasteiger partial charge >= 0.3 is 0 Å². The minimum absolute atomic E-state index is 0.388. The largest absolute Gasteiger partial charge is 0.372 e. The molecule has 1 amide bonds. The Bertz CT molecular complexity index is 1110. The topological polar surface area (TPSA) is 105 Å². The lowest BCUT2D eigenvalue weighted by atomic mass is 9.84. The van der Waals surface area contributed by atoms with Crippen LogP contribution in [0.1, 0.15) is 11.1 Å². The molecule has 28 heavy (non-hydrogen) atoms. The van der Waals surface area contributed by atoms with Gasteiger partial charge in [-0.3, -0.25) is 14.9 Å². The summed E-state index contributed by atoms with van der Waals surface area (Å²) in [5, 5.41) is 18.4. The minimum Gasteiger partial charge on any atom is -0.372 e. The van der Waals surface area contributed by atoms with Crippen LogP contribution in [0.5, 0.6) is 0 Å². The SMILES string of the molecule is NC(=O)C(O)(c1ccccc1)c1cccc(-c2[nH]ncc2-c2ccncc2)c1. The van der Waals surface area contributed by atoms with Gasteiger partial charge in [0.05, 0.1) is 11.9 Å². The van der Waals surface area contributed by atoms with Crippen molar-refractivity contribution >= 4 is 5.91 Å². The maximum atomic E-state index is 12.3. The van der Waals surface area contributed by atoms with Crippen molar-refractivity contribution in [2.24, 2.45) is 5.73 Å². The molecule has 6 heteroatoms. The van der Waals surface area contributed by atoms with Gasteiger partial charge in [-0.25, -0.2) is 0 Å². The second-order valence-corrected chi connectivity index (χ2v) is 6.42. The van der Waals surface area contributed by atoms with E-state index in [1.165, 1.54) is 0 Å². The number of nitrogens with two attached hydrogens (primary N) is 1. The van der Waals surface area contributed by atoms with Crippen molar-refractivity contribution in [2.75, 3.05) is 0 Å². The number of amides is 1. The normalized spacial score (nSPS) is 13.0. The van der Waals surface area contributed by atoms with Gasteiger partial charge in [0.25, 0.3) is 5.91 Å². The summed E-state index contributed by atoms with van der Waals surface area (Å²) in [4.78, 5) is 16.3. The predicted molar refractivity (Wildman–Crippen MR) is 106 cm³/mol. The van der Waals surface area contributed by atoms with E-state index in [9.17, 15) is 9.90 Å². The van der Waals surface area contributed by atoms with Crippen molar-refractivity contribution < 1.29 is 9.90 Å². The second-order valence-electron chi connectivity index (χ2n) is 6.42. The smallest absolute Gasteiger partial charge is 0.258 e. The molecule has 138 valence electrons. The Labute approximate surface area is 161 Å². The molecule has 4 aromatic rings. The number of hydrogen-bond donors (Lipinski definition) is 3. The highest BCUT2D eigenvalue weighted by atomic mass is 16.3. The number of benzene rings is 2. The van der Waals surface area contributed by atoms with Crippen LogP contribution >= 0.6 is 0 Å². The number of primary amides is 1. The maximum Gasteiger partial charge on any atom is 0.258 e. The van der Waals surface area contributed by atoms with Gasteiger partial charge in [0.1, 0.15) is 0 Å². The number of aromatic nitrogens is 3. The van der Waals surface area contributed by atoms with Gasteiger partial charge in [-0.15, -0.1) is 0 Å². The van der Waals surface area contributed by atoms with Crippen molar-refractivity contribution in [1.82, 2.24) is 15.2 Å². The summed E-state index contributed by atoms with van der Waals surface area (Å²) in [5.41, 5.74) is 7.87. The third kappa shape index (κ3) is 2.95. The number of rotatable bonds is 5. The zero-order valence-corrected chi connectivity index (χ0v) is 14.9. The molecule has 6 nitrogen and oxygen atoms in total. The Morgan fingerprint density at radius 3 is 2.36 bits per heavy atom. The van der Waals surface area contributed by atoms with Crippen LogP contribution < -0.4 is 5.73 Å². The lowest BCUT2D eigenvalue weighted by Gasteiger charge is -2.26. The third-order valence-electron chi connectivity index (χ3n) is 4.75. The summed E-state index contributed by atoms with van der Waals surface area (Å²) < 4.78 is 0. The summed E-state index contributed by atoms with van der Waals surface area (Å²) in [6.45, 7) is 0. The van der Waals surface area contributed by atoms with Gasteiger partial charge in [0.2, 0.25) is 0 Å². The van der Waals surface area contributed by atoms with E-state index >= 15 is 0 Å². The molecule has 0 aliphatic rings. The van der Waals surface area contributed by atoms with E-state index in [1.807, 2.05) is 24.3 Å². The second kappa shape index (κ2) is 7.09. The number of carbonyl (C=O) groups is 1. The first-order valence-corrected chi connectivity index (χ1v) is 8.73. The average Bonchev–Trinajstić information content (AvgIpc) is 3.24. The Morgan fingerprint density at radius 2 is 1.64 bits per heavy atom. The first-order valence-electron chi connectivity index (χ1n) is 8.73. The summed E-state index contributed by atoms with van der Waals surface area (Å²) >= 11 is 0. The molecule has 4 rings (SSSR count). The fourth-order valence-corrected chi connectivity index (χ4v) is 3.29. The summed E-state index contributed by atoms with van der Waals surface area (Å²) in [6, 6.07) is 19.5. The van der Waals surface area contributed by atoms with Crippen LogP contribution in [0, 0.1) is 0 Å². The lowest BCUT2D eigenvalue weighted by Crippen LogP contribution is -2.42. The average molecular weight is 370 g/mol. The number of aromatic amines is 1. The molecule has 0 bridgehead atoms. The summed E-state index contributed by atoms with van der Waals surface area (Å²) in [6.07, 6.45) is 5.16. The van der Waals surface area contributed by atoms with Crippen LogP contribution in [0.3, 0.4) is 0 Å². The Balaban J connectivity index is 1.84. The number of H-pyrrole nitrogens is 1. The molecule has 0 fully saturated rings. The monoisotopic (exact) mass is 370 g/mol. The minimum atomic E-state index is -1.94. The van der Waals surface area contributed by atoms with Crippen LogP contribution in [0.2, 0.25) is 0 Å². The van der Waals surface area contributed by atoms with Crippen molar-refractivity contribution in [3.8, 4) is 22.4 Å². The Morgan fingerprint density at radius 1 is 0.929 bits per heavy atom. The highest BCUT2D eigenvalue weighted by Crippen LogP contribution is 2.34. The zero-order chi connectivity index (χ0) is 19.6. The summed E-state index contributed by atoms with van der Waals surface area (Å²) in [5.74, 6) is -0.838. The van der Waals surface area contributed by atoms with Gasteiger partial charge < -0.3 is 10.8 Å². The molecule has 0 saturated carbocycles. The van der Waals surface area contributed by atoms with Crippen LogP contribution in [0.4, 0.5) is 0 Å². The van der Waals surface area contributed by atoms with Crippen LogP contribution in [0.15, 0.2) is 85.3 Å². The first kappa shape index (κ1) is 17.6. The van der Waals surface area contributed by atoms with Crippen molar-refractivity contribution in [2.45, 2.75) is 5.60 Å². The van der Waals surface area contributed by atoms with Gasteiger partial charge in [-0.1, -0.05) is 48.5 Å². The molecule has 4 N–H and O–H groups in total. The van der Waals surface area contributed by atoms with Gasteiger partial charge in [-0.05, 0) is 34.9 Å². The molecule has 0 saturated heterocycles. The molecule has 1 atom stereocenters.